The quantitative estimate of drug-likeness (QED) is 0.593. The zero-order chi connectivity index (χ0) is 14.6. The molecule has 1 unspecified atom stereocenters. The first-order valence-electron chi connectivity index (χ1n) is 8.28. The number of methoxy groups -OCH3 is 1. The van der Waals surface area contributed by atoms with Crippen LogP contribution in [0.25, 0.3) is 0 Å². The van der Waals surface area contributed by atoms with Crippen LogP contribution in [0, 0.1) is 0 Å². The van der Waals surface area contributed by atoms with Gasteiger partial charge >= 0.3 is 0 Å². The first kappa shape index (κ1) is 17.4. The summed E-state index contributed by atoms with van der Waals surface area (Å²) in [6.45, 7) is 5.51. The van der Waals surface area contributed by atoms with Crippen LogP contribution in [0.3, 0.4) is 0 Å². The summed E-state index contributed by atoms with van der Waals surface area (Å²) in [5.41, 5.74) is 0. The molecule has 20 heavy (non-hydrogen) atoms. The van der Waals surface area contributed by atoms with Crippen molar-refractivity contribution >= 4 is 5.91 Å². The fraction of sp³-hybridized carbons (Fsp3) is 0.938. The average molecular weight is 284 g/mol. The van der Waals surface area contributed by atoms with Gasteiger partial charge in [-0.3, -0.25) is 4.79 Å². The molecule has 0 aliphatic carbocycles. The smallest absolute Gasteiger partial charge is 0.222 e. The second-order valence-corrected chi connectivity index (χ2v) is 5.79. The number of ether oxygens (including phenoxy) is 1. The third-order valence-electron chi connectivity index (χ3n) is 4.02. The van der Waals surface area contributed by atoms with Crippen molar-refractivity contribution in [2.24, 2.45) is 0 Å². The van der Waals surface area contributed by atoms with E-state index in [0.717, 1.165) is 26.1 Å². The van der Waals surface area contributed by atoms with Crippen molar-refractivity contribution in [2.75, 3.05) is 33.4 Å². The Hall–Kier alpha value is -0.610. The molecule has 4 nitrogen and oxygen atoms in total. The van der Waals surface area contributed by atoms with Crippen molar-refractivity contribution in [3.8, 4) is 0 Å². The van der Waals surface area contributed by atoms with E-state index in [9.17, 15) is 4.79 Å². The minimum atomic E-state index is 0.298. The molecule has 1 rings (SSSR count). The fourth-order valence-electron chi connectivity index (χ4n) is 2.74. The molecule has 1 amide bonds. The minimum absolute atomic E-state index is 0.298. The first-order valence-corrected chi connectivity index (χ1v) is 8.28. The lowest BCUT2D eigenvalue weighted by Gasteiger charge is -2.25. The van der Waals surface area contributed by atoms with Crippen molar-refractivity contribution in [3.63, 3.8) is 0 Å². The second kappa shape index (κ2) is 11.1. The summed E-state index contributed by atoms with van der Waals surface area (Å²) in [7, 11) is 1.70. The SMILES string of the molecule is CCCCCCCC(=O)N(CCOC)CC1CCCN1. The highest BCUT2D eigenvalue weighted by atomic mass is 16.5. The number of unbranched alkanes of at least 4 members (excludes halogenated alkanes) is 4. The molecule has 1 aliphatic heterocycles. The summed E-state index contributed by atoms with van der Waals surface area (Å²) < 4.78 is 5.13. The molecule has 0 bridgehead atoms. The molecule has 0 aromatic rings. The van der Waals surface area contributed by atoms with Gasteiger partial charge < -0.3 is 15.0 Å². The zero-order valence-electron chi connectivity index (χ0n) is 13.3. The molecule has 1 aliphatic rings. The largest absolute Gasteiger partial charge is 0.383 e. The zero-order valence-corrected chi connectivity index (χ0v) is 13.3. The van der Waals surface area contributed by atoms with Gasteiger partial charge in [0.1, 0.15) is 0 Å². The summed E-state index contributed by atoms with van der Waals surface area (Å²) >= 11 is 0. The van der Waals surface area contributed by atoms with Gasteiger partial charge in [-0.15, -0.1) is 0 Å². The number of rotatable bonds is 11. The molecule has 0 radical (unpaired) electrons. The fourth-order valence-corrected chi connectivity index (χ4v) is 2.74. The van der Waals surface area contributed by atoms with Gasteiger partial charge in [-0.05, 0) is 25.8 Å². The van der Waals surface area contributed by atoms with Gasteiger partial charge in [-0.2, -0.15) is 0 Å². The van der Waals surface area contributed by atoms with Crippen molar-refractivity contribution < 1.29 is 9.53 Å². The monoisotopic (exact) mass is 284 g/mol. The van der Waals surface area contributed by atoms with Crippen LogP contribution in [0.15, 0.2) is 0 Å². The standard InChI is InChI=1S/C16H32N2O2/c1-3-4-5-6-7-10-16(19)18(12-13-20-2)14-15-9-8-11-17-15/h15,17H,3-14H2,1-2H3. The van der Waals surface area contributed by atoms with Crippen LogP contribution < -0.4 is 5.32 Å². The van der Waals surface area contributed by atoms with Gasteiger partial charge in [-0.25, -0.2) is 0 Å². The van der Waals surface area contributed by atoms with E-state index in [0.29, 0.717) is 25.0 Å². The maximum Gasteiger partial charge on any atom is 0.222 e. The second-order valence-electron chi connectivity index (χ2n) is 5.79. The third-order valence-corrected chi connectivity index (χ3v) is 4.02. The van der Waals surface area contributed by atoms with Gasteiger partial charge in [-0.1, -0.05) is 32.6 Å². The molecule has 1 saturated heterocycles. The van der Waals surface area contributed by atoms with Crippen molar-refractivity contribution in [2.45, 2.75) is 64.3 Å². The van der Waals surface area contributed by atoms with Crippen molar-refractivity contribution in [1.82, 2.24) is 10.2 Å². The summed E-state index contributed by atoms with van der Waals surface area (Å²) in [6, 6.07) is 0.482. The van der Waals surface area contributed by atoms with E-state index in [4.69, 9.17) is 4.74 Å². The Labute approximate surface area is 124 Å². The van der Waals surface area contributed by atoms with Gasteiger partial charge in [0.15, 0.2) is 0 Å². The number of hydrogen-bond donors (Lipinski definition) is 1. The van der Waals surface area contributed by atoms with Crippen LogP contribution in [-0.2, 0) is 9.53 Å². The molecule has 118 valence electrons. The Morgan fingerprint density at radius 2 is 2.10 bits per heavy atom. The summed E-state index contributed by atoms with van der Waals surface area (Å²) in [5, 5.41) is 3.47. The lowest BCUT2D eigenvalue weighted by molar-refractivity contribution is -0.132. The van der Waals surface area contributed by atoms with Crippen molar-refractivity contribution in [3.05, 3.63) is 0 Å². The van der Waals surface area contributed by atoms with Crippen LogP contribution in [0.4, 0.5) is 0 Å². The number of hydrogen-bond acceptors (Lipinski definition) is 3. The van der Waals surface area contributed by atoms with Gasteiger partial charge in [0.2, 0.25) is 5.91 Å². The molecule has 1 heterocycles. The molecule has 0 aromatic heterocycles. The molecular weight excluding hydrogens is 252 g/mol. The highest BCUT2D eigenvalue weighted by Gasteiger charge is 2.20. The van der Waals surface area contributed by atoms with E-state index in [-0.39, 0.29) is 0 Å². The topological polar surface area (TPSA) is 41.6 Å². The molecule has 1 N–H and O–H groups in total. The molecule has 0 spiro atoms. The molecule has 1 fully saturated rings. The van der Waals surface area contributed by atoms with E-state index >= 15 is 0 Å². The van der Waals surface area contributed by atoms with Crippen LogP contribution in [-0.4, -0.2) is 50.2 Å². The van der Waals surface area contributed by atoms with Crippen molar-refractivity contribution in [1.29, 1.82) is 0 Å². The normalized spacial score (nSPS) is 18.4. The Bertz CT molecular complexity index is 253. The summed E-state index contributed by atoms with van der Waals surface area (Å²) in [4.78, 5) is 14.3. The lowest BCUT2D eigenvalue weighted by Crippen LogP contribution is -2.42. The van der Waals surface area contributed by atoms with E-state index in [1.54, 1.807) is 7.11 Å². The van der Waals surface area contributed by atoms with Crippen LogP contribution in [0.2, 0.25) is 0 Å². The van der Waals surface area contributed by atoms with E-state index in [2.05, 4.69) is 12.2 Å². The lowest BCUT2D eigenvalue weighted by atomic mass is 10.1. The molecule has 4 heteroatoms. The maximum atomic E-state index is 12.3. The van der Waals surface area contributed by atoms with E-state index in [1.807, 2.05) is 4.90 Å². The number of amides is 1. The third kappa shape index (κ3) is 7.25. The van der Waals surface area contributed by atoms with Gasteiger partial charge in [0, 0.05) is 32.7 Å². The summed E-state index contributed by atoms with van der Waals surface area (Å²) in [5.74, 6) is 0.298. The maximum absolute atomic E-state index is 12.3. The Morgan fingerprint density at radius 1 is 1.30 bits per heavy atom. The minimum Gasteiger partial charge on any atom is -0.383 e. The Morgan fingerprint density at radius 3 is 2.75 bits per heavy atom. The predicted molar refractivity (Wildman–Crippen MR) is 82.9 cm³/mol. The van der Waals surface area contributed by atoms with Crippen LogP contribution in [0.1, 0.15) is 58.3 Å². The Kier molecular flexibility index (Phi) is 9.67. The van der Waals surface area contributed by atoms with E-state index < -0.39 is 0 Å². The number of carbonyl (C=O) groups excluding carboxylic acids is 1. The van der Waals surface area contributed by atoms with Crippen LogP contribution >= 0.6 is 0 Å². The Balaban J connectivity index is 2.26. The molecule has 0 aromatic carbocycles. The first-order chi connectivity index (χ1) is 9.77. The number of carbonyl (C=O) groups is 1. The van der Waals surface area contributed by atoms with E-state index in [1.165, 1.54) is 38.5 Å². The van der Waals surface area contributed by atoms with Gasteiger partial charge in [0.05, 0.1) is 6.61 Å². The molecular formula is C16H32N2O2. The molecule has 0 saturated carbocycles. The molecule has 1 atom stereocenters. The summed E-state index contributed by atoms with van der Waals surface area (Å²) in [6.07, 6.45) is 9.11. The van der Waals surface area contributed by atoms with Gasteiger partial charge in [0.25, 0.3) is 0 Å². The number of nitrogens with one attached hydrogen (secondary N) is 1. The predicted octanol–water partition coefficient (Wildman–Crippen LogP) is 2.57. The highest BCUT2D eigenvalue weighted by molar-refractivity contribution is 5.76. The average Bonchev–Trinajstić information content (AvgIpc) is 2.96. The van der Waals surface area contributed by atoms with Crippen LogP contribution in [0.5, 0.6) is 0 Å². The highest BCUT2D eigenvalue weighted by Crippen LogP contribution is 2.10. The number of nitrogens with zero attached hydrogens (tertiary/aromatic N) is 1.